The lowest BCUT2D eigenvalue weighted by molar-refractivity contribution is -0.149. The smallest absolute Gasteiger partial charge is 0.310 e. The summed E-state index contributed by atoms with van der Waals surface area (Å²) in [4.78, 5) is 52.3. The molecule has 39 heavy (non-hydrogen) atoms. The predicted molar refractivity (Wildman–Crippen MR) is 146 cm³/mol. The summed E-state index contributed by atoms with van der Waals surface area (Å²) in [6, 6.07) is 18.7. The minimum atomic E-state index is -0.641. The van der Waals surface area contributed by atoms with E-state index in [9.17, 15) is 19.2 Å². The average molecular weight is 530 g/mol. The zero-order valence-electron chi connectivity index (χ0n) is 21.9. The average Bonchev–Trinajstić information content (AvgIpc) is 2.96. The lowest BCUT2D eigenvalue weighted by atomic mass is 9.96. The fraction of sp³-hybridized carbons (Fsp3) is 0.267. The molecule has 1 fully saturated rings. The molecule has 202 valence electrons. The number of hydrogen-bond acceptors (Lipinski definition) is 6. The van der Waals surface area contributed by atoms with Crippen LogP contribution in [0.5, 0.6) is 0 Å². The molecule has 1 aliphatic rings. The van der Waals surface area contributed by atoms with Gasteiger partial charge < -0.3 is 15.0 Å². The number of nitrogens with one attached hydrogen (secondary N) is 2. The first kappa shape index (κ1) is 27.5. The number of aryl methyl sites for hydroxylation is 1. The molecular formula is C30H31N3O6. The van der Waals surface area contributed by atoms with Crippen LogP contribution in [0.25, 0.3) is 11.1 Å². The van der Waals surface area contributed by atoms with E-state index in [1.807, 2.05) is 19.1 Å². The van der Waals surface area contributed by atoms with E-state index in [2.05, 4.69) is 5.32 Å². The highest BCUT2D eigenvalue weighted by molar-refractivity contribution is 6.06. The number of anilines is 1. The molecule has 3 amide bonds. The van der Waals surface area contributed by atoms with Gasteiger partial charge in [-0.1, -0.05) is 29.8 Å². The van der Waals surface area contributed by atoms with Gasteiger partial charge in [0.25, 0.3) is 17.7 Å². The number of carbonyl (C=O) groups excluding carboxylic acids is 4. The van der Waals surface area contributed by atoms with Crippen molar-refractivity contribution in [2.24, 2.45) is 5.92 Å². The van der Waals surface area contributed by atoms with Crippen LogP contribution in [0.4, 0.5) is 5.69 Å². The molecule has 0 spiro atoms. The molecule has 1 atom stereocenters. The summed E-state index contributed by atoms with van der Waals surface area (Å²) in [5.74, 6) is -1.90. The summed E-state index contributed by atoms with van der Waals surface area (Å²) in [5, 5.41) is 11.8. The van der Waals surface area contributed by atoms with Crippen molar-refractivity contribution in [2.75, 3.05) is 25.0 Å². The van der Waals surface area contributed by atoms with Gasteiger partial charge in [-0.05, 0) is 80.3 Å². The normalized spacial score (nSPS) is 14.8. The molecule has 1 heterocycles. The molecule has 1 saturated heterocycles. The van der Waals surface area contributed by atoms with Crippen LogP contribution in [0.1, 0.15) is 56.4 Å². The first-order chi connectivity index (χ1) is 18.8. The van der Waals surface area contributed by atoms with Gasteiger partial charge in [0.2, 0.25) is 0 Å². The van der Waals surface area contributed by atoms with Crippen molar-refractivity contribution in [3.05, 3.63) is 89.0 Å². The standard InChI is InChI=1S/C30H31N3O6/c1-3-39-30(37)23-5-4-14-33(18-23)29(36)25-15-24(20-10-12-22(13-11-20)28(35)32-38)16-26(17-25)31-27(34)21-8-6-19(2)7-9-21/h6-13,15-17,23,38H,3-5,14,18H2,1-2H3,(H,31,34)(H,32,35)/t23-/m0/s1. The zero-order chi connectivity index (χ0) is 27.9. The Morgan fingerprint density at radius 2 is 1.56 bits per heavy atom. The fourth-order valence-electron chi connectivity index (χ4n) is 4.57. The Balaban J connectivity index is 1.66. The van der Waals surface area contributed by atoms with Crippen LogP contribution in [0.15, 0.2) is 66.7 Å². The van der Waals surface area contributed by atoms with E-state index < -0.39 is 5.91 Å². The zero-order valence-corrected chi connectivity index (χ0v) is 21.9. The number of nitrogens with zero attached hydrogens (tertiary/aromatic N) is 1. The van der Waals surface area contributed by atoms with Crippen molar-refractivity contribution in [1.82, 2.24) is 10.4 Å². The molecule has 9 nitrogen and oxygen atoms in total. The van der Waals surface area contributed by atoms with E-state index in [0.29, 0.717) is 47.3 Å². The van der Waals surface area contributed by atoms with Crippen LogP contribution in [0.2, 0.25) is 0 Å². The predicted octanol–water partition coefficient (Wildman–Crippen LogP) is 4.45. The second kappa shape index (κ2) is 12.4. The minimum absolute atomic E-state index is 0.257. The SMILES string of the molecule is CCOC(=O)[C@H]1CCCN(C(=O)c2cc(NC(=O)c3ccc(C)cc3)cc(-c3ccc(C(=O)NO)cc3)c2)C1. The van der Waals surface area contributed by atoms with Crippen molar-refractivity contribution in [3.63, 3.8) is 0 Å². The molecule has 3 aromatic rings. The summed E-state index contributed by atoms with van der Waals surface area (Å²) in [6.07, 6.45) is 1.34. The van der Waals surface area contributed by atoms with Gasteiger partial charge in [0, 0.05) is 35.5 Å². The Hall–Kier alpha value is -4.50. The maximum atomic E-state index is 13.6. The lowest BCUT2D eigenvalue weighted by Gasteiger charge is -2.31. The van der Waals surface area contributed by atoms with Crippen LogP contribution in [-0.2, 0) is 9.53 Å². The topological polar surface area (TPSA) is 125 Å². The minimum Gasteiger partial charge on any atom is -0.466 e. The second-order valence-electron chi connectivity index (χ2n) is 9.48. The van der Waals surface area contributed by atoms with Gasteiger partial charge in [0.05, 0.1) is 12.5 Å². The van der Waals surface area contributed by atoms with Gasteiger partial charge in [0.15, 0.2) is 0 Å². The first-order valence-corrected chi connectivity index (χ1v) is 12.8. The molecule has 9 heteroatoms. The lowest BCUT2D eigenvalue weighted by Crippen LogP contribution is -2.42. The largest absolute Gasteiger partial charge is 0.466 e. The third kappa shape index (κ3) is 6.69. The number of ether oxygens (including phenoxy) is 1. The monoisotopic (exact) mass is 529 g/mol. The van der Waals surface area contributed by atoms with Gasteiger partial charge in [-0.15, -0.1) is 0 Å². The van der Waals surface area contributed by atoms with Crippen molar-refractivity contribution >= 4 is 29.4 Å². The number of likely N-dealkylation sites (tertiary alicyclic amines) is 1. The third-order valence-corrected chi connectivity index (χ3v) is 6.66. The summed E-state index contributed by atoms with van der Waals surface area (Å²) in [6.45, 7) is 4.75. The van der Waals surface area contributed by atoms with Crippen LogP contribution in [-0.4, -0.2) is 53.5 Å². The summed E-state index contributed by atoms with van der Waals surface area (Å²) >= 11 is 0. The maximum absolute atomic E-state index is 13.6. The van der Waals surface area contributed by atoms with Crippen molar-refractivity contribution in [2.45, 2.75) is 26.7 Å². The molecular weight excluding hydrogens is 498 g/mol. The van der Waals surface area contributed by atoms with Gasteiger partial charge in [-0.2, -0.15) is 0 Å². The summed E-state index contributed by atoms with van der Waals surface area (Å²) in [7, 11) is 0. The molecule has 0 bridgehead atoms. The van der Waals surface area contributed by atoms with E-state index >= 15 is 0 Å². The molecule has 0 saturated carbocycles. The quantitative estimate of drug-likeness (QED) is 0.236. The highest BCUT2D eigenvalue weighted by Crippen LogP contribution is 2.28. The van der Waals surface area contributed by atoms with Crippen LogP contribution < -0.4 is 10.8 Å². The first-order valence-electron chi connectivity index (χ1n) is 12.8. The molecule has 4 rings (SSSR count). The number of hydroxylamine groups is 1. The van der Waals surface area contributed by atoms with Crippen molar-refractivity contribution in [3.8, 4) is 11.1 Å². The van der Waals surface area contributed by atoms with Crippen molar-refractivity contribution < 1.29 is 29.1 Å². The van der Waals surface area contributed by atoms with Gasteiger partial charge in [-0.25, -0.2) is 5.48 Å². The number of benzene rings is 3. The summed E-state index contributed by atoms with van der Waals surface area (Å²) in [5.41, 5.74) is 5.51. The van der Waals surface area contributed by atoms with Gasteiger partial charge in [-0.3, -0.25) is 24.4 Å². The Morgan fingerprint density at radius 3 is 2.23 bits per heavy atom. The Labute approximate surface area is 226 Å². The van der Waals surface area contributed by atoms with Crippen LogP contribution >= 0.6 is 0 Å². The van der Waals surface area contributed by atoms with Crippen LogP contribution in [0.3, 0.4) is 0 Å². The van der Waals surface area contributed by atoms with Gasteiger partial charge in [0.1, 0.15) is 0 Å². The van der Waals surface area contributed by atoms with Crippen LogP contribution in [0, 0.1) is 12.8 Å². The number of rotatable bonds is 7. The Kier molecular flexibility index (Phi) is 8.73. The molecule has 0 radical (unpaired) electrons. The number of amides is 3. The molecule has 3 aromatic carbocycles. The summed E-state index contributed by atoms with van der Waals surface area (Å²) < 4.78 is 5.17. The van der Waals surface area contributed by atoms with E-state index in [1.165, 1.54) is 0 Å². The maximum Gasteiger partial charge on any atom is 0.310 e. The van der Waals surface area contributed by atoms with E-state index in [-0.39, 0.29) is 42.4 Å². The number of esters is 1. The molecule has 1 aliphatic heterocycles. The van der Waals surface area contributed by atoms with Crippen molar-refractivity contribution in [1.29, 1.82) is 0 Å². The highest BCUT2D eigenvalue weighted by Gasteiger charge is 2.30. The van der Waals surface area contributed by atoms with E-state index in [4.69, 9.17) is 9.94 Å². The van der Waals surface area contributed by atoms with Gasteiger partial charge >= 0.3 is 5.97 Å². The Bertz CT molecular complexity index is 1370. The fourth-order valence-corrected chi connectivity index (χ4v) is 4.57. The molecule has 0 aromatic heterocycles. The highest BCUT2D eigenvalue weighted by atomic mass is 16.5. The Morgan fingerprint density at radius 1 is 0.897 bits per heavy atom. The third-order valence-electron chi connectivity index (χ3n) is 6.66. The number of carbonyl (C=O) groups is 4. The molecule has 3 N–H and O–H groups in total. The van der Waals surface area contributed by atoms with E-state index in [0.717, 1.165) is 5.56 Å². The molecule has 0 aliphatic carbocycles. The second-order valence-corrected chi connectivity index (χ2v) is 9.48. The number of hydrogen-bond donors (Lipinski definition) is 3. The van der Waals surface area contributed by atoms with E-state index in [1.54, 1.807) is 71.9 Å². The molecule has 0 unspecified atom stereocenters. The number of piperidine rings is 1.